The lowest BCUT2D eigenvalue weighted by Gasteiger charge is -2.22. The standard InChI is InChI=1S/C25H25N5O5S/c1-3-4-22-23(14-13-21(16(2)31)24(22)32)35-15-17-5-11-20(12-6-17)36(33,34)28-19-9-7-18(8-10-19)25-26-29-30-27-25/h5-14H,3-4,15H2,1-2H3,(H3,26,27,28,29,30,31,32)/p-1. The van der Waals surface area contributed by atoms with E-state index < -0.39 is 10.0 Å². The maximum Gasteiger partial charge on any atom is 0.204 e. The molecule has 0 unspecified atom stereocenters. The molecule has 1 heterocycles. The molecule has 0 saturated carbocycles. The third-order valence-corrected chi connectivity index (χ3v) is 6.75. The normalized spacial score (nSPS) is 11.3. The van der Waals surface area contributed by atoms with Crippen molar-refractivity contribution in [1.82, 2.24) is 20.6 Å². The van der Waals surface area contributed by atoms with Crippen LogP contribution in [0.5, 0.6) is 11.5 Å². The Morgan fingerprint density at radius 3 is 2.39 bits per heavy atom. The molecule has 4 rings (SSSR count). The van der Waals surface area contributed by atoms with Crippen LogP contribution in [0.15, 0.2) is 65.6 Å². The molecule has 36 heavy (non-hydrogen) atoms. The quantitative estimate of drug-likeness (QED) is 0.294. The lowest BCUT2D eigenvalue weighted by molar-refractivity contribution is 0.101. The number of ketones is 1. The van der Waals surface area contributed by atoms with Crippen LogP contribution in [0.25, 0.3) is 16.1 Å². The number of H-pyrrole nitrogens is 1. The average molecular weight is 507 g/mol. The second kappa shape index (κ2) is 10.6. The minimum absolute atomic E-state index is 0.0450. The topological polar surface area (TPSA) is 149 Å². The van der Waals surface area contributed by atoms with Crippen LogP contribution in [0.1, 0.15) is 41.8 Å². The fourth-order valence-corrected chi connectivity index (χ4v) is 4.58. The zero-order valence-electron chi connectivity index (χ0n) is 19.7. The summed E-state index contributed by atoms with van der Waals surface area (Å²) in [7, 11) is -3.93. The van der Waals surface area contributed by atoms with Crippen molar-refractivity contribution in [3.8, 4) is 22.9 Å². The predicted molar refractivity (Wildman–Crippen MR) is 133 cm³/mol. The van der Waals surface area contributed by atoms with Gasteiger partial charge in [0.25, 0.3) is 0 Å². The van der Waals surface area contributed by atoms with Gasteiger partial charge >= 0.3 is 0 Å². The number of phenols is 1. The largest absolute Gasteiger partial charge is 0.573 e. The zero-order valence-corrected chi connectivity index (χ0v) is 20.5. The van der Waals surface area contributed by atoms with E-state index in [0.717, 1.165) is 12.0 Å². The van der Waals surface area contributed by atoms with Gasteiger partial charge < -0.3 is 14.6 Å². The van der Waals surface area contributed by atoms with Gasteiger partial charge in [0, 0.05) is 11.1 Å². The Morgan fingerprint density at radius 2 is 1.78 bits per heavy atom. The molecule has 1 aromatic heterocycles. The first-order valence-electron chi connectivity index (χ1n) is 11.2. The van der Waals surface area contributed by atoms with Gasteiger partial charge in [-0.3, -0.25) is 4.79 Å². The van der Waals surface area contributed by atoms with Gasteiger partial charge in [0.1, 0.15) is 28.1 Å². The van der Waals surface area contributed by atoms with Gasteiger partial charge in [-0.05, 0) is 48.4 Å². The summed E-state index contributed by atoms with van der Waals surface area (Å²) in [6.07, 6.45) is 1.32. The van der Waals surface area contributed by atoms with Crippen LogP contribution >= 0.6 is 0 Å². The van der Waals surface area contributed by atoms with Crippen LogP contribution in [0, 0.1) is 0 Å². The number of aromatic amines is 1. The second-order valence-corrected chi connectivity index (χ2v) is 9.63. The lowest BCUT2D eigenvalue weighted by atomic mass is 10.0. The number of aromatic nitrogens is 4. The van der Waals surface area contributed by atoms with Crippen LogP contribution in [0.3, 0.4) is 0 Å². The van der Waals surface area contributed by atoms with Crippen molar-refractivity contribution in [2.45, 2.75) is 38.2 Å². The van der Waals surface area contributed by atoms with Crippen molar-refractivity contribution in [2.75, 3.05) is 0 Å². The predicted octanol–water partition coefficient (Wildman–Crippen LogP) is 4.70. The number of sulfonamides is 1. The van der Waals surface area contributed by atoms with E-state index in [4.69, 9.17) is 4.74 Å². The summed E-state index contributed by atoms with van der Waals surface area (Å²) >= 11 is 0. The Hall–Kier alpha value is -4.25. The fourth-order valence-electron chi connectivity index (χ4n) is 3.59. The molecule has 186 valence electrons. The summed E-state index contributed by atoms with van der Waals surface area (Å²) in [5.74, 6) is 0.598. The molecular formula is C25H24N5O5S-. The van der Waals surface area contributed by atoms with Gasteiger partial charge in [-0.25, -0.2) is 8.42 Å². The van der Waals surface area contributed by atoms with Gasteiger partial charge in [0.15, 0.2) is 5.78 Å². The Morgan fingerprint density at radius 1 is 1.06 bits per heavy atom. The molecule has 0 spiro atoms. The number of hydrogen-bond acceptors (Lipinski definition) is 8. The van der Waals surface area contributed by atoms with Crippen molar-refractivity contribution in [2.24, 2.45) is 0 Å². The number of benzene rings is 3. The number of Topliss-reactive ketones (excluding diaryl/α,β-unsaturated/α-hetero) is 1. The molecule has 0 radical (unpaired) electrons. The van der Waals surface area contributed by atoms with Crippen LogP contribution in [0.4, 0.5) is 5.69 Å². The number of nitrogens with zero attached hydrogens (tertiary/aromatic N) is 4. The summed E-state index contributed by atoms with van der Waals surface area (Å²) in [4.78, 5) is 11.8. The fraction of sp³-hybridized carbons (Fsp3) is 0.200. The van der Waals surface area contributed by atoms with Gasteiger partial charge in [-0.15, -0.1) is 15.9 Å². The zero-order chi connectivity index (χ0) is 25.7. The SMILES string of the molecule is CCCc1c(OCc2ccc(S(=O)(=O)[N-]c3ccc(-c4nn[nH]n4)cc3)cc2)ccc(C(C)=O)c1O. The maximum absolute atomic E-state index is 12.8. The molecule has 3 aromatic carbocycles. The molecule has 4 aromatic rings. The third-order valence-electron chi connectivity index (χ3n) is 5.43. The first-order chi connectivity index (χ1) is 17.3. The molecule has 0 bridgehead atoms. The molecule has 0 aliphatic carbocycles. The highest BCUT2D eigenvalue weighted by molar-refractivity contribution is 7.94. The van der Waals surface area contributed by atoms with Crippen LogP contribution in [-0.2, 0) is 23.1 Å². The number of ether oxygens (including phenoxy) is 1. The molecule has 11 heteroatoms. The first-order valence-corrected chi connectivity index (χ1v) is 12.6. The molecule has 0 atom stereocenters. The number of tetrazole rings is 1. The van der Waals surface area contributed by atoms with E-state index in [1.807, 2.05) is 6.92 Å². The highest BCUT2D eigenvalue weighted by Gasteiger charge is 2.16. The van der Waals surface area contributed by atoms with Gasteiger partial charge in [0.05, 0.1) is 10.5 Å². The molecule has 0 aliphatic heterocycles. The average Bonchev–Trinajstić information content (AvgIpc) is 3.40. The second-order valence-electron chi connectivity index (χ2n) is 8.03. The van der Waals surface area contributed by atoms with Crippen LogP contribution in [0.2, 0.25) is 0 Å². The van der Waals surface area contributed by atoms with E-state index in [-0.39, 0.29) is 34.3 Å². The van der Waals surface area contributed by atoms with E-state index in [1.165, 1.54) is 25.1 Å². The Bertz CT molecular complexity index is 1450. The molecule has 2 N–H and O–H groups in total. The molecule has 0 aliphatic rings. The van der Waals surface area contributed by atoms with Gasteiger partial charge in [0.2, 0.25) is 5.82 Å². The molecule has 0 saturated heterocycles. The number of rotatable bonds is 10. The van der Waals surface area contributed by atoms with Crippen LogP contribution in [-0.4, -0.2) is 39.9 Å². The summed E-state index contributed by atoms with van der Waals surface area (Å²) in [5.41, 5.74) is 2.51. The van der Waals surface area contributed by atoms with E-state index in [2.05, 4.69) is 25.3 Å². The molecule has 0 amide bonds. The van der Waals surface area contributed by atoms with E-state index in [1.54, 1.807) is 42.5 Å². The maximum atomic E-state index is 12.8. The monoisotopic (exact) mass is 506 g/mol. The number of carbonyl (C=O) groups excluding carboxylic acids is 1. The number of phenolic OH excluding ortho intramolecular Hbond substituents is 1. The van der Waals surface area contributed by atoms with Crippen molar-refractivity contribution in [3.63, 3.8) is 0 Å². The molecule has 0 fully saturated rings. The Kier molecular flexibility index (Phi) is 7.30. The number of aromatic hydroxyl groups is 1. The number of carbonyl (C=O) groups is 1. The highest BCUT2D eigenvalue weighted by Crippen LogP contribution is 2.34. The minimum Gasteiger partial charge on any atom is -0.573 e. The van der Waals surface area contributed by atoms with Crippen molar-refractivity contribution in [1.29, 1.82) is 0 Å². The minimum atomic E-state index is -3.93. The smallest absolute Gasteiger partial charge is 0.204 e. The Balaban J connectivity index is 1.43. The van der Waals surface area contributed by atoms with Crippen molar-refractivity contribution >= 4 is 21.5 Å². The molecular weight excluding hydrogens is 482 g/mol. The van der Waals surface area contributed by atoms with Gasteiger partial charge in [-0.2, -0.15) is 5.21 Å². The highest BCUT2D eigenvalue weighted by atomic mass is 32.2. The number of nitrogens with one attached hydrogen (secondary N) is 1. The summed E-state index contributed by atoms with van der Waals surface area (Å²) in [6.45, 7) is 3.53. The van der Waals surface area contributed by atoms with Crippen LogP contribution < -0.4 is 4.74 Å². The number of hydrogen-bond donors (Lipinski definition) is 2. The van der Waals surface area contributed by atoms with E-state index in [9.17, 15) is 18.3 Å². The molecule has 10 nitrogen and oxygen atoms in total. The summed E-state index contributed by atoms with van der Waals surface area (Å²) < 4.78 is 35.3. The van der Waals surface area contributed by atoms with Gasteiger partial charge in [-0.1, -0.05) is 49.7 Å². The first kappa shape index (κ1) is 24.9. The van der Waals surface area contributed by atoms with Crippen molar-refractivity contribution in [3.05, 3.63) is 82.1 Å². The van der Waals surface area contributed by atoms with E-state index in [0.29, 0.717) is 29.1 Å². The van der Waals surface area contributed by atoms with E-state index >= 15 is 0 Å². The third kappa shape index (κ3) is 5.52. The Labute approximate surface area is 208 Å². The summed E-state index contributed by atoms with van der Waals surface area (Å²) in [5, 5.41) is 24.1. The van der Waals surface area contributed by atoms with Crippen molar-refractivity contribution < 1.29 is 23.1 Å². The lowest BCUT2D eigenvalue weighted by Crippen LogP contribution is -2.03. The summed E-state index contributed by atoms with van der Waals surface area (Å²) in [6, 6.07) is 15.9.